The van der Waals surface area contributed by atoms with Gasteiger partial charge in [0.1, 0.15) is 11.6 Å². The van der Waals surface area contributed by atoms with Crippen LogP contribution in [0.2, 0.25) is 0 Å². The summed E-state index contributed by atoms with van der Waals surface area (Å²) in [6, 6.07) is 10.2. The number of hydrogen-bond donors (Lipinski definition) is 1. The fourth-order valence-corrected chi connectivity index (χ4v) is 3.30. The van der Waals surface area contributed by atoms with Gasteiger partial charge in [-0.2, -0.15) is 0 Å². The van der Waals surface area contributed by atoms with Gasteiger partial charge in [0.2, 0.25) is 11.7 Å². The number of hydrogen-bond acceptors (Lipinski definition) is 6. The van der Waals surface area contributed by atoms with Crippen molar-refractivity contribution in [1.82, 2.24) is 5.32 Å². The van der Waals surface area contributed by atoms with E-state index in [9.17, 15) is 18.8 Å². The van der Waals surface area contributed by atoms with Crippen LogP contribution in [0.3, 0.4) is 0 Å². The molecule has 0 aliphatic heterocycles. The third-order valence-electron chi connectivity index (χ3n) is 3.71. The molecule has 154 valence electrons. The fraction of sp³-hybridized carbons (Fsp3) is 0.286. The van der Waals surface area contributed by atoms with Crippen LogP contribution in [0.4, 0.5) is 4.39 Å². The van der Waals surface area contributed by atoms with Crippen molar-refractivity contribution in [2.24, 2.45) is 0 Å². The standard InChI is InChI=1S/C21H22FNO5S/c1-13(2)23-20(25)12-29-19-7-5-4-6-15(19)21(26)28-11-17(24)16-10-14(22)8-9-18(16)27-3/h4-10,13H,11-12H2,1-3H3,(H,23,25). The Balaban J connectivity index is 2.03. The monoisotopic (exact) mass is 419 g/mol. The normalized spacial score (nSPS) is 10.5. The van der Waals surface area contributed by atoms with E-state index in [2.05, 4.69) is 5.32 Å². The van der Waals surface area contributed by atoms with Gasteiger partial charge < -0.3 is 14.8 Å². The predicted molar refractivity (Wildman–Crippen MR) is 108 cm³/mol. The summed E-state index contributed by atoms with van der Waals surface area (Å²) in [5.74, 6) is -1.71. The molecule has 0 saturated carbocycles. The minimum Gasteiger partial charge on any atom is -0.496 e. The van der Waals surface area contributed by atoms with Gasteiger partial charge in [0.15, 0.2) is 6.61 Å². The number of carbonyl (C=O) groups excluding carboxylic acids is 3. The van der Waals surface area contributed by atoms with Crippen molar-refractivity contribution in [3.8, 4) is 5.75 Å². The topological polar surface area (TPSA) is 81.7 Å². The molecule has 0 heterocycles. The molecule has 29 heavy (non-hydrogen) atoms. The van der Waals surface area contributed by atoms with E-state index in [0.29, 0.717) is 4.90 Å². The summed E-state index contributed by atoms with van der Waals surface area (Å²) in [7, 11) is 1.36. The van der Waals surface area contributed by atoms with Crippen LogP contribution in [0.15, 0.2) is 47.4 Å². The lowest BCUT2D eigenvalue weighted by atomic mass is 10.1. The second-order valence-electron chi connectivity index (χ2n) is 6.35. The van der Waals surface area contributed by atoms with Gasteiger partial charge in [0.05, 0.1) is 24.0 Å². The summed E-state index contributed by atoms with van der Waals surface area (Å²) in [4.78, 5) is 37.2. The van der Waals surface area contributed by atoms with Crippen LogP contribution in [-0.4, -0.2) is 43.2 Å². The number of amides is 1. The number of ketones is 1. The van der Waals surface area contributed by atoms with E-state index in [0.717, 1.165) is 6.07 Å². The summed E-state index contributed by atoms with van der Waals surface area (Å²) in [5, 5.41) is 2.77. The maximum absolute atomic E-state index is 13.4. The van der Waals surface area contributed by atoms with E-state index >= 15 is 0 Å². The van der Waals surface area contributed by atoms with Crippen LogP contribution < -0.4 is 10.1 Å². The molecule has 2 aromatic carbocycles. The maximum Gasteiger partial charge on any atom is 0.339 e. The highest BCUT2D eigenvalue weighted by atomic mass is 32.2. The molecule has 0 aromatic heterocycles. The Hall–Kier alpha value is -2.87. The Morgan fingerprint density at radius 2 is 1.83 bits per heavy atom. The third kappa shape index (κ3) is 6.60. The van der Waals surface area contributed by atoms with Crippen LogP contribution in [0, 0.1) is 5.82 Å². The molecule has 0 atom stereocenters. The fourth-order valence-electron chi connectivity index (χ4n) is 2.45. The highest BCUT2D eigenvalue weighted by Crippen LogP contribution is 2.24. The Morgan fingerprint density at radius 1 is 1.10 bits per heavy atom. The molecule has 1 amide bonds. The zero-order chi connectivity index (χ0) is 21.4. The van der Waals surface area contributed by atoms with Crippen LogP contribution in [0.5, 0.6) is 5.75 Å². The minimum atomic E-state index is -0.707. The van der Waals surface area contributed by atoms with Crippen molar-refractivity contribution in [3.05, 3.63) is 59.4 Å². The number of esters is 1. The number of halogens is 1. The SMILES string of the molecule is COc1ccc(F)cc1C(=O)COC(=O)c1ccccc1SCC(=O)NC(C)C. The lowest BCUT2D eigenvalue weighted by molar-refractivity contribution is -0.119. The molecule has 6 nitrogen and oxygen atoms in total. The summed E-state index contributed by atoms with van der Waals surface area (Å²) >= 11 is 1.20. The Bertz CT molecular complexity index is 900. The van der Waals surface area contributed by atoms with E-state index < -0.39 is 24.2 Å². The van der Waals surface area contributed by atoms with Crippen molar-refractivity contribution in [3.63, 3.8) is 0 Å². The second-order valence-corrected chi connectivity index (χ2v) is 7.37. The van der Waals surface area contributed by atoms with Crippen LogP contribution in [-0.2, 0) is 9.53 Å². The Morgan fingerprint density at radius 3 is 2.52 bits per heavy atom. The number of benzene rings is 2. The van der Waals surface area contributed by atoms with Crippen molar-refractivity contribution in [2.75, 3.05) is 19.5 Å². The largest absolute Gasteiger partial charge is 0.496 e. The number of rotatable bonds is 9. The van der Waals surface area contributed by atoms with E-state index in [1.807, 2.05) is 13.8 Å². The molecule has 8 heteroatoms. The van der Waals surface area contributed by atoms with Gasteiger partial charge >= 0.3 is 5.97 Å². The maximum atomic E-state index is 13.4. The average molecular weight is 419 g/mol. The summed E-state index contributed by atoms with van der Waals surface area (Å²) < 4.78 is 23.6. The first-order valence-corrected chi connectivity index (χ1v) is 9.85. The van der Waals surface area contributed by atoms with Gasteiger partial charge in [-0.25, -0.2) is 9.18 Å². The highest BCUT2D eigenvalue weighted by molar-refractivity contribution is 8.00. The molecule has 2 aromatic rings. The van der Waals surface area contributed by atoms with Gasteiger partial charge in [-0.1, -0.05) is 12.1 Å². The van der Waals surface area contributed by atoms with Crippen molar-refractivity contribution >= 4 is 29.4 Å². The molecule has 0 radical (unpaired) electrons. The highest BCUT2D eigenvalue weighted by Gasteiger charge is 2.18. The van der Waals surface area contributed by atoms with Crippen molar-refractivity contribution < 1.29 is 28.2 Å². The summed E-state index contributed by atoms with van der Waals surface area (Å²) in [6.45, 7) is 3.16. The molecule has 0 aliphatic rings. The summed E-state index contributed by atoms with van der Waals surface area (Å²) in [6.07, 6.45) is 0. The molecule has 0 aliphatic carbocycles. The molecular weight excluding hydrogens is 397 g/mol. The number of Topliss-reactive ketones (excluding diaryl/α,β-unsaturated/α-hetero) is 1. The van der Waals surface area contributed by atoms with Gasteiger partial charge in [-0.3, -0.25) is 9.59 Å². The molecule has 0 bridgehead atoms. The zero-order valence-corrected chi connectivity index (χ0v) is 17.2. The quantitative estimate of drug-likeness (QED) is 0.381. The first kappa shape index (κ1) is 22.4. The first-order valence-electron chi connectivity index (χ1n) is 8.87. The molecular formula is C21H22FNO5S. The lowest BCUT2D eigenvalue weighted by Crippen LogP contribution is -2.31. The van der Waals surface area contributed by atoms with Gasteiger partial charge in [0, 0.05) is 10.9 Å². The number of nitrogens with one attached hydrogen (secondary N) is 1. The van der Waals surface area contributed by atoms with E-state index in [1.165, 1.54) is 31.0 Å². The van der Waals surface area contributed by atoms with Crippen molar-refractivity contribution in [1.29, 1.82) is 0 Å². The van der Waals surface area contributed by atoms with Crippen LogP contribution in [0.1, 0.15) is 34.6 Å². The Kier molecular flexibility index (Phi) is 8.21. The molecule has 2 rings (SSSR count). The van der Waals surface area contributed by atoms with E-state index in [4.69, 9.17) is 9.47 Å². The lowest BCUT2D eigenvalue weighted by Gasteiger charge is -2.11. The van der Waals surface area contributed by atoms with Gasteiger partial charge in [-0.05, 0) is 44.2 Å². The van der Waals surface area contributed by atoms with E-state index in [1.54, 1.807) is 24.3 Å². The van der Waals surface area contributed by atoms with Gasteiger partial charge in [-0.15, -0.1) is 11.8 Å². The number of carbonyl (C=O) groups is 3. The summed E-state index contributed by atoms with van der Waals surface area (Å²) in [5.41, 5.74) is 0.238. The first-order chi connectivity index (χ1) is 13.8. The van der Waals surface area contributed by atoms with Crippen LogP contribution in [0.25, 0.3) is 0 Å². The number of ether oxygens (including phenoxy) is 2. The Labute approximate surface area is 172 Å². The molecule has 0 fully saturated rings. The zero-order valence-electron chi connectivity index (χ0n) is 16.4. The van der Waals surface area contributed by atoms with Crippen LogP contribution >= 0.6 is 11.8 Å². The van der Waals surface area contributed by atoms with E-state index in [-0.39, 0.29) is 34.6 Å². The predicted octanol–water partition coefficient (Wildman–Crippen LogP) is 3.49. The minimum absolute atomic E-state index is 0.00619. The molecule has 0 spiro atoms. The third-order valence-corrected chi connectivity index (χ3v) is 4.79. The smallest absolute Gasteiger partial charge is 0.339 e. The molecule has 1 N–H and O–H groups in total. The number of thioether (sulfide) groups is 1. The second kappa shape index (κ2) is 10.6. The molecule has 0 saturated heterocycles. The average Bonchev–Trinajstić information content (AvgIpc) is 2.69. The van der Waals surface area contributed by atoms with Gasteiger partial charge in [0.25, 0.3) is 0 Å². The molecule has 0 unspecified atom stereocenters. The number of methoxy groups -OCH3 is 1. The van der Waals surface area contributed by atoms with Crippen molar-refractivity contribution in [2.45, 2.75) is 24.8 Å².